The van der Waals surface area contributed by atoms with Gasteiger partial charge in [-0.25, -0.2) is 4.99 Å². The third kappa shape index (κ3) is 6.02. The largest absolute Gasteiger partial charge is 0.384 e. The third-order valence-corrected chi connectivity index (χ3v) is 4.46. The average molecular weight is 361 g/mol. The van der Waals surface area contributed by atoms with E-state index in [4.69, 9.17) is 9.73 Å². The van der Waals surface area contributed by atoms with Crippen LogP contribution in [0.3, 0.4) is 0 Å². The molecular weight excluding hydrogens is 328 g/mol. The van der Waals surface area contributed by atoms with Crippen LogP contribution in [0, 0.1) is 5.92 Å². The van der Waals surface area contributed by atoms with Gasteiger partial charge in [-0.1, -0.05) is 19.1 Å². The Morgan fingerprint density at radius 1 is 1.35 bits per heavy atom. The number of hydrogen-bond donors (Lipinski definition) is 2. The van der Waals surface area contributed by atoms with Crippen molar-refractivity contribution in [2.75, 3.05) is 39.9 Å². The topological polar surface area (TPSA) is 66.0 Å². The fourth-order valence-corrected chi connectivity index (χ4v) is 3.14. The number of ether oxygens (including phenoxy) is 1. The molecule has 0 radical (unpaired) electrons. The molecule has 0 spiro atoms. The zero-order chi connectivity index (χ0) is 18.8. The first-order valence-electron chi connectivity index (χ1n) is 9.57. The summed E-state index contributed by atoms with van der Waals surface area (Å²) in [7, 11) is 1.76. The van der Waals surface area contributed by atoms with Crippen molar-refractivity contribution < 1.29 is 9.53 Å². The maximum Gasteiger partial charge on any atom is 0.251 e. The van der Waals surface area contributed by atoms with Crippen molar-refractivity contribution in [3.63, 3.8) is 0 Å². The summed E-state index contributed by atoms with van der Waals surface area (Å²) in [5.41, 5.74) is 1.73. The molecule has 1 aliphatic heterocycles. The Morgan fingerprint density at radius 3 is 2.92 bits per heavy atom. The summed E-state index contributed by atoms with van der Waals surface area (Å²) in [4.78, 5) is 19.2. The molecule has 1 aromatic carbocycles. The first-order valence-corrected chi connectivity index (χ1v) is 9.57. The second-order valence-electron chi connectivity index (χ2n) is 6.68. The lowest BCUT2D eigenvalue weighted by atomic mass is 10.1. The number of carbonyl (C=O) groups is 1. The number of guanidine groups is 1. The molecule has 1 aromatic rings. The highest BCUT2D eigenvalue weighted by atomic mass is 16.5. The zero-order valence-corrected chi connectivity index (χ0v) is 16.3. The van der Waals surface area contributed by atoms with Gasteiger partial charge in [0.05, 0.1) is 13.2 Å². The molecule has 1 amide bonds. The number of nitrogens with one attached hydrogen (secondary N) is 2. The van der Waals surface area contributed by atoms with E-state index in [9.17, 15) is 4.79 Å². The number of rotatable bonds is 8. The first-order chi connectivity index (χ1) is 12.7. The van der Waals surface area contributed by atoms with Crippen LogP contribution in [0.2, 0.25) is 0 Å². The molecule has 144 valence electrons. The van der Waals surface area contributed by atoms with E-state index in [0.717, 1.165) is 50.6 Å². The van der Waals surface area contributed by atoms with E-state index < -0.39 is 0 Å². The van der Waals surface area contributed by atoms with Gasteiger partial charge in [-0.05, 0) is 37.5 Å². The summed E-state index contributed by atoms with van der Waals surface area (Å²) in [6.45, 7) is 8.99. The third-order valence-electron chi connectivity index (χ3n) is 4.46. The molecule has 0 bridgehead atoms. The van der Waals surface area contributed by atoms with Crippen molar-refractivity contribution in [1.29, 1.82) is 0 Å². The van der Waals surface area contributed by atoms with E-state index in [-0.39, 0.29) is 5.91 Å². The molecule has 1 atom stereocenters. The minimum absolute atomic E-state index is 0.0217. The molecule has 1 aliphatic rings. The fourth-order valence-electron chi connectivity index (χ4n) is 3.14. The number of hydrogen-bond acceptors (Lipinski definition) is 3. The zero-order valence-electron chi connectivity index (χ0n) is 16.3. The van der Waals surface area contributed by atoms with Gasteiger partial charge in [0, 0.05) is 44.8 Å². The highest BCUT2D eigenvalue weighted by Crippen LogP contribution is 2.17. The lowest BCUT2D eigenvalue weighted by Crippen LogP contribution is -2.40. The van der Waals surface area contributed by atoms with Gasteiger partial charge in [-0.3, -0.25) is 4.79 Å². The molecule has 0 aromatic heterocycles. The lowest BCUT2D eigenvalue weighted by Gasteiger charge is -2.21. The summed E-state index contributed by atoms with van der Waals surface area (Å²) >= 11 is 0. The number of benzene rings is 1. The quantitative estimate of drug-likeness (QED) is 0.551. The summed E-state index contributed by atoms with van der Waals surface area (Å²) in [5.74, 6) is 1.48. The van der Waals surface area contributed by atoms with E-state index in [0.29, 0.717) is 24.6 Å². The van der Waals surface area contributed by atoms with E-state index in [1.807, 2.05) is 31.2 Å². The van der Waals surface area contributed by atoms with E-state index in [1.165, 1.54) is 0 Å². The van der Waals surface area contributed by atoms with Crippen LogP contribution < -0.4 is 10.6 Å². The molecule has 2 N–H and O–H groups in total. The summed E-state index contributed by atoms with van der Waals surface area (Å²) in [6, 6.07) is 7.71. The van der Waals surface area contributed by atoms with Crippen LogP contribution in [0.5, 0.6) is 0 Å². The Kier molecular flexibility index (Phi) is 8.41. The van der Waals surface area contributed by atoms with Crippen molar-refractivity contribution in [3.05, 3.63) is 35.4 Å². The van der Waals surface area contributed by atoms with Crippen molar-refractivity contribution in [1.82, 2.24) is 15.5 Å². The Balaban J connectivity index is 2.02. The van der Waals surface area contributed by atoms with E-state index in [2.05, 4.69) is 22.5 Å². The number of carbonyl (C=O) groups excluding carboxylic acids is 1. The van der Waals surface area contributed by atoms with Crippen LogP contribution in [0.1, 0.15) is 42.6 Å². The minimum atomic E-state index is -0.0217. The van der Waals surface area contributed by atoms with Gasteiger partial charge in [0.15, 0.2) is 5.96 Å². The predicted octanol–water partition coefficient (Wildman–Crippen LogP) is 2.26. The fraction of sp³-hybridized carbons (Fsp3) is 0.600. The summed E-state index contributed by atoms with van der Waals surface area (Å²) < 4.78 is 5.28. The monoisotopic (exact) mass is 360 g/mol. The molecule has 6 heteroatoms. The molecule has 1 heterocycles. The van der Waals surface area contributed by atoms with Gasteiger partial charge >= 0.3 is 0 Å². The highest BCUT2D eigenvalue weighted by molar-refractivity contribution is 5.94. The summed E-state index contributed by atoms with van der Waals surface area (Å²) in [5, 5.41) is 6.29. The van der Waals surface area contributed by atoms with Crippen LogP contribution in [-0.2, 0) is 11.3 Å². The van der Waals surface area contributed by atoms with Crippen LogP contribution in [0.15, 0.2) is 29.3 Å². The maximum absolute atomic E-state index is 12.1. The summed E-state index contributed by atoms with van der Waals surface area (Å²) in [6.07, 6.45) is 2.06. The van der Waals surface area contributed by atoms with Gasteiger partial charge in [0.1, 0.15) is 0 Å². The SMILES string of the molecule is CCCNC(=O)c1cccc(CN=C(NCC)N2CCC(COC)C2)c1. The smallest absolute Gasteiger partial charge is 0.251 e. The number of nitrogens with zero attached hydrogens (tertiary/aromatic N) is 2. The Morgan fingerprint density at radius 2 is 2.19 bits per heavy atom. The average Bonchev–Trinajstić information content (AvgIpc) is 3.12. The Labute approximate surface area is 157 Å². The van der Waals surface area contributed by atoms with Crippen LogP contribution >= 0.6 is 0 Å². The number of aliphatic imine (C=N–C) groups is 1. The number of methoxy groups -OCH3 is 1. The van der Waals surface area contributed by atoms with Crippen molar-refractivity contribution in [3.8, 4) is 0 Å². The molecule has 1 fully saturated rings. The molecule has 1 saturated heterocycles. The molecule has 0 aliphatic carbocycles. The first kappa shape index (κ1) is 20.2. The van der Waals surface area contributed by atoms with Gasteiger partial charge in [-0.15, -0.1) is 0 Å². The van der Waals surface area contributed by atoms with Gasteiger partial charge < -0.3 is 20.3 Å². The highest BCUT2D eigenvalue weighted by Gasteiger charge is 2.24. The normalized spacial score (nSPS) is 17.4. The maximum atomic E-state index is 12.1. The van der Waals surface area contributed by atoms with Gasteiger partial charge in [-0.2, -0.15) is 0 Å². The Hall–Kier alpha value is -2.08. The molecule has 2 rings (SSSR count). The molecule has 6 nitrogen and oxygen atoms in total. The van der Waals surface area contributed by atoms with Crippen molar-refractivity contribution in [2.24, 2.45) is 10.9 Å². The minimum Gasteiger partial charge on any atom is -0.384 e. The van der Waals surface area contributed by atoms with Crippen molar-refractivity contribution >= 4 is 11.9 Å². The second-order valence-corrected chi connectivity index (χ2v) is 6.68. The number of likely N-dealkylation sites (tertiary alicyclic amines) is 1. The molecule has 1 unspecified atom stereocenters. The van der Waals surface area contributed by atoms with E-state index >= 15 is 0 Å². The van der Waals surface area contributed by atoms with Crippen LogP contribution in [0.4, 0.5) is 0 Å². The molecule has 0 saturated carbocycles. The molecule has 26 heavy (non-hydrogen) atoms. The van der Waals surface area contributed by atoms with Gasteiger partial charge in [0.25, 0.3) is 5.91 Å². The Bertz CT molecular complexity index is 603. The number of amides is 1. The van der Waals surface area contributed by atoms with Crippen LogP contribution in [-0.4, -0.2) is 56.7 Å². The van der Waals surface area contributed by atoms with Crippen LogP contribution in [0.25, 0.3) is 0 Å². The van der Waals surface area contributed by atoms with Gasteiger partial charge in [0.2, 0.25) is 0 Å². The standard InChI is InChI=1S/C20H32N4O2/c1-4-10-22-19(25)18-8-6-7-16(12-18)13-23-20(21-5-2)24-11-9-17(14-24)15-26-3/h6-8,12,17H,4-5,9-11,13-15H2,1-3H3,(H,21,23)(H,22,25). The van der Waals surface area contributed by atoms with Crippen molar-refractivity contribution in [2.45, 2.75) is 33.2 Å². The second kappa shape index (κ2) is 10.8. The van der Waals surface area contributed by atoms with E-state index in [1.54, 1.807) is 7.11 Å². The lowest BCUT2D eigenvalue weighted by molar-refractivity contribution is 0.0953. The predicted molar refractivity (Wildman–Crippen MR) is 105 cm³/mol. The molecular formula is C20H32N4O2.